The van der Waals surface area contributed by atoms with Crippen molar-refractivity contribution in [2.75, 3.05) is 32.6 Å². The molecule has 0 unspecified atom stereocenters. The van der Waals surface area contributed by atoms with E-state index in [4.69, 9.17) is 14.2 Å². The maximum atomic E-state index is 12.4. The third-order valence-electron chi connectivity index (χ3n) is 5.82. The van der Waals surface area contributed by atoms with Crippen molar-refractivity contribution < 1.29 is 19.0 Å². The number of carbonyl (C=O) groups is 1. The summed E-state index contributed by atoms with van der Waals surface area (Å²) in [5, 5.41) is 3.43. The van der Waals surface area contributed by atoms with E-state index in [1.165, 1.54) is 11.1 Å². The van der Waals surface area contributed by atoms with Crippen molar-refractivity contribution in [2.24, 2.45) is 4.99 Å². The summed E-state index contributed by atoms with van der Waals surface area (Å²) in [5.74, 6) is 1.42. The summed E-state index contributed by atoms with van der Waals surface area (Å²) in [4.78, 5) is 18.4. The summed E-state index contributed by atoms with van der Waals surface area (Å²) in [6, 6.07) is 11.6. The smallest absolute Gasteiger partial charge is 0.410 e. The van der Waals surface area contributed by atoms with E-state index in [1.807, 2.05) is 51.1 Å². The van der Waals surface area contributed by atoms with Crippen molar-refractivity contribution in [1.82, 2.24) is 4.90 Å². The maximum Gasteiger partial charge on any atom is 0.410 e. The number of ether oxygens (including phenoxy) is 3. The minimum absolute atomic E-state index is 0.272. The van der Waals surface area contributed by atoms with Crippen LogP contribution in [0, 0.1) is 0 Å². The molecule has 0 atom stereocenters. The second-order valence-electron chi connectivity index (χ2n) is 9.59. The van der Waals surface area contributed by atoms with Crippen LogP contribution < -0.4 is 14.8 Å². The molecule has 0 bridgehead atoms. The second-order valence-corrected chi connectivity index (χ2v) is 9.59. The zero-order valence-corrected chi connectivity index (χ0v) is 22.2. The van der Waals surface area contributed by atoms with Gasteiger partial charge in [-0.25, -0.2) is 4.79 Å². The molecule has 1 heterocycles. The Morgan fingerprint density at radius 2 is 1.81 bits per heavy atom. The van der Waals surface area contributed by atoms with Crippen LogP contribution in [0.5, 0.6) is 11.5 Å². The Balaban J connectivity index is 1.84. The van der Waals surface area contributed by atoms with Crippen LogP contribution in [-0.4, -0.2) is 50.6 Å². The summed E-state index contributed by atoms with van der Waals surface area (Å²) in [6.45, 7) is 12.7. The van der Waals surface area contributed by atoms with Gasteiger partial charge in [0.15, 0.2) is 0 Å². The molecular formula is C29H37N3O4. The second kappa shape index (κ2) is 11.8. The molecule has 0 saturated heterocycles. The Kier molecular flexibility index (Phi) is 8.80. The highest BCUT2D eigenvalue weighted by molar-refractivity contribution is 5.76. The van der Waals surface area contributed by atoms with E-state index >= 15 is 0 Å². The Morgan fingerprint density at radius 1 is 1.11 bits per heavy atom. The zero-order chi connectivity index (χ0) is 26.3. The van der Waals surface area contributed by atoms with Gasteiger partial charge < -0.3 is 24.4 Å². The quantitative estimate of drug-likeness (QED) is 0.397. The van der Waals surface area contributed by atoms with Crippen LogP contribution in [0.2, 0.25) is 0 Å². The monoisotopic (exact) mass is 491 g/mol. The lowest BCUT2D eigenvalue weighted by atomic mass is 9.95. The van der Waals surface area contributed by atoms with Gasteiger partial charge in [0.1, 0.15) is 17.1 Å². The lowest BCUT2D eigenvalue weighted by molar-refractivity contribution is 0.0266. The molecule has 1 aliphatic heterocycles. The van der Waals surface area contributed by atoms with Gasteiger partial charge in [-0.05, 0) is 75.8 Å². The van der Waals surface area contributed by atoms with Crippen LogP contribution >= 0.6 is 0 Å². The number of nitrogens with zero attached hydrogens (tertiary/aromatic N) is 2. The van der Waals surface area contributed by atoms with Gasteiger partial charge in [0.05, 0.1) is 19.9 Å². The Morgan fingerprint density at radius 3 is 2.33 bits per heavy atom. The minimum Gasteiger partial charge on any atom is -0.497 e. The lowest BCUT2D eigenvalue weighted by Crippen LogP contribution is -2.39. The first-order chi connectivity index (χ1) is 17.1. The first-order valence-corrected chi connectivity index (χ1v) is 12.1. The Labute approximate surface area is 214 Å². The standard InChI is InChI=1S/C29H37N3O4/c1-8-20(21-11-13-32(14-12-21)28(33)36-29(2,3)4)15-22-16-23(9-10-27(22)30-5)31-24-17-25(34-6)19-26(18-24)35-7/h9-11,15-19,31H,5,8,12-14H2,1-4,6-7H3/b20-15+. The van der Waals surface area contributed by atoms with E-state index < -0.39 is 5.60 Å². The molecule has 1 aliphatic rings. The Bertz CT molecular complexity index is 1140. The van der Waals surface area contributed by atoms with Crippen molar-refractivity contribution in [3.63, 3.8) is 0 Å². The molecule has 7 heteroatoms. The molecule has 7 nitrogen and oxygen atoms in total. The average molecular weight is 492 g/mol. The highest BCUT2D eigenvalue weighted by atomic mass is 16.6. The molecule has 192 valence electrons. The van der Waals surface area contributed by atoms with Crippen molar-refractivity contribution in [1.29, 1.82) is 0 Å². The molecule has 0 aromatic heterocycles. The van der Waals surface area contributed by atoms with Gasteiger partial charge >= 0.3 is 6.09 Å². The van der Waals surface area contributed by atoms with Crippen molar-refractivity contribution in [3.05, 3.63) is 59.2 Å². The summed E-state index contributed by atoms with van der Waals surface area (Å²) < 4.78 is 16.3. The molecule has 2 aromatic rings. The van der Waals surface area contributed by atoms with E-state index in [-0.39, 0.29) is 6.09 Å². The molecule has 0 fully saturated rings. The number of allylic oxidation sites excluding steroid dienone is 1. The number of hydrogen-bond donors (Lipinski definition) is 1. The molecule has 1 amide bonds. The van der Waals surface area contributed by atoms with Gasteiger partial charge in [0.2, 0.25) is 0 Å². The third kappa shape index (κ3) is 7.13. The van der Waals surface area contributed by atoms with E-state index in [2.05, 4.69) is 42.2 Å². The highest BCUT2D eigenvalue weighted by Gasteiger charge is 2.24. The number of aliphatic imine (C=N–C) groups is 1. The summed E-state index contributed by atoms with van der Waals surface area (Å²) in [7, 11) is 3.26. The van der Waals surface area contributed by atoms with Gasteiger partial charge in [0.25, 0.3) is 0 Å². The van der Waals surface area contributed by atoms with E-state index in [1.54, 1.807) is 19.1 Å². The summed E-state index contributed by atoms with van der Waals surface area (Å²) >= 11 is 0. The number of amides is 1. The number of anilines is 2. The van der Waals surface area contributed by atoms with E-state index in [0.717, 1.165) is 35.5 Å². The molecule has 0 radical (unpaired) electrons. The fraction of sp³-hybridized carbons (Fsp3) is 0.379. The minimum atomic E-state index is -0.501. The molecule has 3 rings (SSSR count). The lowest BCUT2D eigenvalue weighted by Gasteiger charge is -2.30. The SMILES string of the molecule is C=Nc1ccc(Nc2cc(OC)cc(OC)c2)cc1/C=C(\CC)C1=CCN(C(=O)OC(C)(C)C)CC1. The molecule has 0 spiro atoms. The number of hydrogen-bond acceptors (Lipinski definition) is 6. The van der Waals surface area contributed by atoms with Crippen LogP contribution in [0.15, 0.2) is 58.6 Å². The first kappa shape index (κ1) is 26.9. The van der Waals surface area contributed by atoms with Gasteiger partial charge in [-0.2, -0.15) is 0 Å². The molecule has 2 aromatic carbocycles. The van der Waals surface area contributed by atoms with Crippen molar-refractivity contribution in [2.45, 2.75) is 46.1 Å². The zero-order valence-electron chi connectivity index (χ0n) is 22.2. The van der Waals surface area contributed by atoms with Crippen molar-refractivity contribution >= 4 is 35.9 Å². The fourth-order valence-electron chi connectivity index (χ4n) is 4.00. The summed E-state index contributed by atoms with van der Waals surface area (Å²) in [6.07, 6.45) is 5.65. The van der Waals surface area contributed by atoms with Crippen LogP contribution in [0.3, 0.4) is 0 Å². The number of rotatable bonds is 8. The van der Waals surface area contributed by atoms with Crippen LogP contribution in [0.4, 0.5) is 21.9 Å². The van der Waals surface area contributed by atoms with Crippen LogP contribution in [0.25, 0.3) is 6.08 Å². The Hall–Kier alpha value is -3.74. The van der Waals surface area contributed by atoms with Gasteiger partial charge in [0, 0.05) is 48.2 Å². The van der Waals surface area contributed by atoms with Crippen LogP contribution in [-0.2, 0) is 4.74 Å². The van der Waals surface area contributed by atoms with Crippen molar-refractivity contribution in [3.8, 4) is 11.5 Å². The molecule has 1 N–H and O–H groups in total. The number of nitrogens with one attached hydrogen (secondary N) is 1. The topological polar surface area (TPSA) is 72.4 Å². The largest absolute Gasteiger partial charge is 0.497 e. The highest BCUT2D eigenvalue weighted by Crippen LogP contribution is 2.33. The number of carbonyl (C=O) groups excluding carboxylic acids is 1. The molecule has 0 aliphatic carbocycles. The molecular weight excluding hydrogens is 454 g/mol. The fourth-order valence-corrected chi connectivity index (χ4v) is 4.00. The maximum absolute atomic E-state index is 12.4. The van der Waals surface area contributed by atoms with Gasteiger partial charge in [-0.15, -0.1) is 0 Å². The average Bonchev–Trinajstić information content (AvgIpc) is 2.86. The van der Waals surface area contributed by atoms with Gasteiger partial charge in [-0.3, -0.25) is 4.99 Å². The molecule has 36 heavy (non-hydrogen) atoms. The number of methoxy groups -OCH3 is 2. The first-order valence-electron chi connectivity index (χ1n) is 12.1. The normalized spacial score (nSPS) is 14.1. The van der Waals surface area contributed by atoms with Gasteiger partial charge in [-0.1, -0.05) is 13.0 Å². The summed E-state index contributed by atoms with van der Waals surface area (Å²) in [5.41, 5.74) is 5.49. The molecule has 0 saturated carbocycles. The van der Waals surface area contributed by atoms with E-state index in [9.17, 15) is 4.79 Å². The van der Waals surface area contributed by atoms with Crippen LogP contribution in [0.1, 0.15) is 46.1 Å². The third-order valence-corrected chi connectivity index (χ3v) is 5.82. The van der Waals surface area contributed by atoms with E-state index in [0.29, 0.717) is 24.6 Å². The number of benzene rings is 2. The predicted octanol–water partition coefficient (Wildman–Crippen LogP) is 7.14. The predicted molar refractivity (Wildman–Crippen MR) is 147 cm³/mol.